The second-order valence-corrected chi connectivity index (χ2v) is 3.61. The van der Waals surface area contributed by atoms with E-state index in [2.05, 4.69) is 0 Å². The molecule has 0 fully saturated rings. The highest BCUT2D eigenvalue weighted by atomic mass is 35.5. The first kappa shape index (κ1) is 12.8. The lowest BCUT2D eigenvalue weighted by molar-refractivity contribution is 0.0526. The number of hydrogen-bond acceptors (Lipinski definition) is 3. The lowest BCUT2D eigenvalue weighted by Crippen LogP contribution is -2.06. The second kappa shape index (κ2) is 5.74. The van der Waals surface area contributed by atoms with Gasteiger partial charge in [0.1, 0.15) is 6.07 Å². The molecule has 0 aliphatic heterocycles. The first-order chi connectivity index (χ1) is 7.63. The SMILES string of the molecule is CCOC(=O)c1cc(C#N)c(Cl)c(CCl)c1. The number of carbonyl (C=O) groups is 1. The summed E-state index contributed by atoms with van der Waals surface area (Å²) >= 11 is 11.6. The highest BCUT2D eigenvalue weighted by molar-refractivity contribution is 6.33. The molecule has 0 atom stereocenters. The summed E-state index contributed by atoms with van der Waals surface area (Å²) in [6.45, 7) is 1.99. The number of rotatable bonds is 3. The van der Waals surface area contributed by atoms with Crippen LogP contribution in [0.15, 0.2) is 12.1 Å². The van der Waals surface area contributed by atoms with E-state index in [4.69, 9.17) is 33.2 Å². The van der Waals surface area contributed by atoms with Gasteiger partial charge in [0.05, 0.1) is 22.8 Å². The molecule has 16 heavy (non-hydrogen) atoms. The van der Waals surface area contributed by atoms with Crippen molar-refractivity contribution in [2.45, 2.75) is 12.8 Å². The van der Waals surface area contributed by atoms with E-state index < -0.39 is 5.97 Å². The number of benzene rings is 1. The minimum Gasteiger partial charge on any atom is -0.462 e. The van der Waals surface area contributed by atoms with Gasteiger partial charge in [0, 0.05) is 5.88 Å². The van der Waals surface area contributed by atoms with Gasteiger partial charge in [-0.3, -0.25) is 0 Å². The number of hydrogen-bond donors (Lipinski definition) is 0. The molecule has 0 radical (unpaired) electrons. The topological polar surface area (TPSA) is 50.1 Å². The Hall–Kier alpha value is -1.24. The third kappa shape index (κ3) is 2.66. The Labute approximate surface area is 104 Å². The quantitative estimate of drug-likeness (QED) is 0.618. The lowest BCUT2D eigenvalue weighted by Gasteiger charge is -2.06. The van der Waals surface area contributed by atoms with Gasteiger partial charge in [-0.2, -0.15) is 5.26 Å². The maximum absolute atomic E-state index is 11.5. The van der Waals surface area contributed by atoms with Gasteiger partial charge >= 0.3 is 5.97 Å². The Bertz CT molecular complexity index is 452. The zero-order valence-electron chi connectivity index (χ0n) is 8.59. The third-order valence-corrected chi connectivity index (χ3v) is 2.66. The number of carbonyl (C=O) groups excluding carboxylic acids is 1. The molecule has 0 N–H and O–H groups in total. The monoisotopic (exact) mass is 257 g/mol. The summed E-state index contributed by atoms with van der Waals surface area (Å²) < 4.78 is 4.83. The smallest absolute Gasteiger partial charge is 0.338 e. The number of alkyl halides is 1. The molecule has 1 rings (SSSR count). The van der Waals surface area contributed by atoms with E-state index in [1.165, 1.54) is 12.1 Å². The van der Waals surface area contributed by atoms with Crippen LogP contribution in [0, 0.1) is 11.3 Å². The summed E-state index contributed by atoms with van der Waals surface area (Å²) in [7, 11) is 0. The zero-order chi connectivity index (χ0) is 12.1. The number of halogens is 2. The third-order valence-electron chi connectivity index (χ3n) is 1.92. The first-order valence-corrected chi connectivity index (χ1v) is 5.50. The molecule has 5 heteroatoms. The molecular weight excluding hydrogens is 249 g/mol. The fraction of sp³-hybridized carbons (Fsp3) is 0.273. The normalized spacial score (nSPS) is 9.62. The van der Waals surface area contributed by atoms with E-state index in [1.807, 2.05) is 6.07 Å². The molecule has 3 nitrogen and oxygen atoms in total. The molecule has 0 saturated heterocycles. The van der Waals surface area contributed by atoms with Gasteiger partial charge < -0.3 is 4.74 Å². The molecule has 1 aromatic carbocycles. The van der Waals surface area contributed by atoms with Crippen LogP contribution in [0.5, 0.6) is 0 Å². The van der Waals surface area contributed by atoms with Gasteiger partial charge in [-0.1, -0.05) is 11.6 Å². The van der Waals surface area contributed by atoms with Crippen LogP contribution < -0.4 is 0 Å². The van der Waals surface area contributed by atoms with Crippen LogP contribution in [-0.4, -0.2) is 12.6 Å². The highest BCUT2D eigenvalue weighted by Gasteiger charge is 2.13. The van der Waals surface area contributed by atoms with Crippen molar-refractivity contribution in [3.05, 3.63) is 33.8 Å². The highest BCUT2D eigenvalue weighted by Crippen LogP contribution is 2.24. The molecule has 0 heterocycles. The summed E-state index contributed by atoms with van der Waals surface area (Å²) in [5.41, 5.74) is 1.06. The molecule has 0 aliphatic carbocycles. The molecule has 1 aromatic rings. The van der Waals surface area contributed by atoms with E-state index in [0.29, 0.717) is 11.1 Å². The summed E-state index contributed by atoms with van der Waals surface area (Å²) in [5, 5.41) is 9.13. The first-order valence-electron chi connectivity index (χ1n) is 4.59. The molecule has 0 spiro atoms. The van der Waals surface area contributed by atoms with Crippen LogP contribution in [0.3, 0.4) is 0 Å². The standard InChI is InChI=1S/C11H9Cl2NO2/c1-2-16-11(15)7-3-8(5-12)10(13)9(4-7)6-14/h3-4H,2,5H2,1H3. The van der Waals surface area contributed by atoms with Crippen LogP contribution in [-0.2, 0) is 10.6 Å². The van der Waals surface area contributed by atoms with Crippen LogP contribution in [0.4, 0.5) is 0 Å². The van der Waals surface area contributed by atoms with E-state index in [-0.39, 0.29) is 23.1 Å². The van der Waals surface area contributed by atoms with Crippen molar-refractivity contribution >= 4 is 29.2 Å². The Morgan fingerprint density at radius 2 is 2.25 bits per heavy atom. The van der Waals surface area contributed by atoms with Crippen LogP contribution in [0.1, 0.15) is 28.4 Å². The predicted molar refractivity (Wildman–Crippen MR) is 61.7 cm³/mol. The van der Waals surface area contributed by atoms with Crippen LogP contribution >= 0.6 is 23.2 Å². The van der Waals surface area contributed by atoms with Crippen molar-refractivity contribution in [1.29, 1.82) is 5.26 Å². The zero-order valence-corrected chi connectivity index (χ0v) is 10.1. The molecule has 0 amide bonds. The van der Waals surface area contributed by atoms with Crippen molar-refractivity contribution in [1.82, 2.24) is 0 Å². The van der Waals surface area contributed by atoms with Crippen molar-refractivity contribution in [2.75, 3.05) is 6.61 Å². The summed E-state index contributed by atoms with van der Waals surface area (Å²) in [6, 6.07) is 4.84. The van der Waals surface area contributed by atoms with E-state index in [9.17, 15) is 4.79 Å². The number of esters is 1. The van der Waals surface area contributed by atoms with Gasteiger partial charge in [-0.15, -0.1) is 11.6 Å². The Morgan fingerprint density at radius 3 is 2.75 bits per heavy atom. The summed E-state index contributed by atoms with van der Waals surface area (Å²) in [4.78, 5) is 11.5. The van der Waals surface area contributed by atoms with Gasteiger partial charge in [-0.05, 0) is 24.6 Å². The maximum Gasteiger partial charge on any atom is 0.338 e. The molecule has 0 aliphatic rings. The predicted octanol–water partition coefficient (Wildman–Crippen LogP) is 3.13. The average molecular weight is 258 g/mol. The fourth-order valence-corrected chi connectivity index (χ4v) is 1.69. The summed E-state index contributed by atoms with van der Waals surface area (Å²) in [5.74, 6) is -0.345. The average Bonchev–Trinajstić information content (AvgIpc) is 2.29. The maximum atomic E-state index is 11.5. The Morgan fingerprint density at radius 1 is 1.56 bits per heavy atom. The Kier molecular flexibility index (Phi) is 4.60. The van der Waals surface area contributed by atoms with Crippen LogP contribution in [0.25, 0.3) is 0 Å². The largest absolute Gasteiger partial charge is 0.462 e. The number of ether oxygens (including phenoxy) is 1. The van der Waals surface area contributed by atoms with Crippen molar-refractivity contribution in [3.8, 4) is 6.07 Å². The molecule has 0 unspecified atom stereocenters. The molecule has 0 aromatic heterocycles. The van der Waals surface area contributed by atoms with E-state index in [0.717, 1.165) is 0 Å². The van der Waals surface area contributed by atoms with Gasteiger partial charge in [0.15, 0.2) is 0 Å². The van der Waals surface area contributed by atoms with E-state index in [1.54, 1.807) is 6.92 Å². The minimum absolute atomic E-state index is 0.140. The van der Waals surface area contributed by atoms with Gasteiger partial charge in [0.25, 0.3) is 0 Å². The van der Waals surface area contributed by atoms with Gasteiger partial charge in [0.2, 0.25) is 0 Å². The lowest BCUT2D eigenvalue weighted by atomic mass is 10.1. The molecular formula is C11H9Cl2NO2. The second-order valence-electron chi connectivity index (χ2n) is 2.96. The molecule has 84 valence electrons. The number of nitriles is 1. The molecule has 0 saturated carbocycles. The van der Waals surface area contributed by atoms with E-state index >= 15 is 0 Å². The fourth-order valence-electron chi connectivity index (χ4n) is 1.20. The Balaban J connectivity index is 3.23. The summed E-state index contributed by atoms with van der Waals surface area (Å²) in [6.07, 6.45) is 0. The van der Waals surface area contributed by atoms with Crippen molar-refractivity contribution in [3.63, 3.8) is 0 Å². The molecule has 0 bridgehead atoms. The minimum atomic E-state index is -0.484. The number of nitrogens with zero attached hydrogens (tertiary/aromatic N) is 1. The van der Waals surface area contributed by atoms with Crippen molar-refractivity contribution in [2.24, 2.45) is 0 Å². The van der Waals surface area contributed by atoms with Crippen LogP contribution in [0.2, 0.25) is 5.02 Å². The van der Waals surface area contributed by atoms with Gasteiger partial charge in [-0.25, -0.2) is 4.79 Å². The van der Waals surface area contributed by atoms with Crippen molar-refractivity contribution < 1.29 is 9.53 Å².